The highest BCUT2D eigenvalue weighted by atomic mass is 79.9. The molecule has 5 nitrogen and oxygen atoms in total. The number of aryl methyl sites for hydroxylation is 1. The summed E-state index contributed by atoms with van der Waals surface area (Å²) < 4.78 is 16.1. The third kappa shape index (κ3) is 2.30. The fourth-order valence-corrected chi connectivity index (χ4v) is 2.37. The van der Waals surface area contributed by atoms with Crippen LogP contribution in [-0.4, -0.2) is 29.5 Å². The Bertz CT molecular complexity index is 640. The highest BCUT2D eigenvalue weighted by Gasteiger charge is 2.21. The number of amides is 2. The molecule has 0 bridgehead atoms. The molecule has 0 spiro atoms. The lowest BCUT2D eigenvalue weighted by Gasteiger charge is -2.17. The maximum absolute atomic E-state index is 13.9. The molecule has 1 N–H and O–H groups in total. The SMILES string of the molecule is CCc1nc2c(F)cc(Br)cn2c1N(C)C(=O)NC. The Morgan fingerprint density at radius 2 is 2.32 bits per heavy atom. The monoisotopic (exact) mass is 328 g/mol. The zero-order valence-electron chi connectivity index (χ0n) is 10.9. The number of carbonyl (C=O) groups excluding carboxylic acids is 1. The summed E-state index contributed by atoms with van der Waals surface area (Å²) in [6.07, 6.45) is 2.30. The summed E-state index contributed by atoms with van der Waals surface area (Å²) in [4.78, 5) is 17.4. The highest BCUT2D eigenvalue weighted by Crippen LogP contribution is 2.26. The minimum atomic E-state index is -0.430. The van der Waals surface area contributed by atoms with Gasteiger partial charge in [-0.05, 0) is 28.4 Å². The van der Waals surface area contributed by atoms with Crippen molar-refractivity contribution in [3.8, 4) is 0 Å². The first-order valence-electron chi connectivity index (χ1n) is 5.81. The number of hydrogen-bond donors (Lipinski definition) is 1. The predicted molar refractivity (Wildman–Crippen MR) is 75.1 cm³/mol. The van der Waals surface area contributed by atoms with E-state index < -0.39 is 5.82 Å². The normalized spacial score (nSPS) is 10.8. The topological polar surface area (TPSA) is 49.6 Å². The van der Waals surface area contributed by atoms with Crippen LogP contribution in [0.1, 0.15) is 12.6 Å². The number of hydrogen-bond acceptors (Lipinski definition) is 2. The van der Waals surface area contributed by atoms with E-state index in [1.807, 2.05) is 6.92 Å². The first-order valence-corrected chi connectivity index (χ1v) is 6.60. The molecule has 102 valence electrons. The summed E-state index contributed by atoms with van der Waals surface area (Å²) in [5.41, 5.74) is 0.883. The minimum absolute atomic E-state index is 0.214. The molecule has 2 amide bonds. The van der Waals surface area contributed by atoms with Crippen molar-refractivity contribution >= 4 is 33.4 Å². The van der Waals surface area contributed by atoms with Gasteiger partial charge in [-0.2, -0.15) is 0 Å². The maximum Gasteiger partial charge on any atom is 0.322 e. The smallest absolute Gasteiger partial charge is 0.322 e. The van der Waals surface area contributed by atoms with Crippen LogP contribution in [0.4, 0.5) is 15.0 Å². The Morgan fingerprint density at radius 1 is 1.63 bits per heavy atom. The summed E-state index contributed by atoms with van der Waals surface area (Å²) in [5.74, 6) is 0.137. The quantitative estimate of drug-likeness (QED) is 0.921. The zero-order chi connectivity index (χ0) is 14.2. The molecule has 0 saturated carbocycles. The molecule has 0 saturated heterocycles. The average Bonchev–Trinajstić information content (AvgIpc) is 2.75. The third-order valence-corrected chi connectivity index (χ3v) is 3.29. The van der Waals surface area contributed by atoms with E-state index in [4.69, 9.17) is 0 Å². The van der Waals surface area contributed by atoms with Crippen LogP contribution in [0.15, 0.2) is 16.7 Å². The molecule has 0 aliphatic heterocycles. The number of carbonyl (C=O) groups is 1. The lowest BCUT2D eigenvalue weighted by molar-refractivity contribution is 0.249. The predicted octanol–water partition coefficient (Wildman–Crippen LogP) is 2.57. The van der Waals surface area contributed by atoms with Crippen molar-refractivity contribution in [2.45, 2.75) is 13.3 Å². The van der Waals surface area contributed by atoms with Gasteiger partial charge in [0, 0.05) is 24.8 Å². The highest BCUT2D eigenvalue weighted by molar-refractivity contribution is 9.10. The van der Waals surface area contributed by atoms with Gasteiger partial charge < -0.3 is 5.32 Å². The number of urea groups is 1. The van der Waals surface area contributed by atoms with Gasteiger partial charge in [0.1, 0.15) is 5.82 Å². The van der Waals surface area contributed by atoms with E-state index in [-0.39, 0.29) is 11.7 Å². The number of rotatable bonds is 2. The van der Waals surface area contributed by atoms with Crippen LogP contribution < -0.4 is 10.2 Å². The van der Waals surface area contributed by atoms with Gasteiger partial charge in [0.25, 0.3) is 0 Å². The molecule has 2 aromatic heterocycles. The van der Waals surface area contributed by atoms with Gasteiger partial charge in [0.2, 0.25) is 0 Å². The second-order valence-electron chi connectivity index (χ2n) is 4.05. The molecule has 0 aromatic carbocycles. The Kier molecular flexibility index (Phi) is 3.75. The number of imidazole rings is 1. The molecule has 7 heteroatoms. The van der Waals surface area contributed by atoms with Crippen molar-refractivity contribution in [3.05, 3.63) is 28.2 Å². The van der Waals surface area contributed by atoms with Gasteiger partial charge in [-0.1, -0.05) is 6.92 Å². The van der Waals surface area contributed by atoms with Crippen LogP contribution in [0.3, 0.4) is 0 Å². The van der Waals surface area contributed by atoms with Gasteiger partial charge in [0.05, 0.1) is 5.69 Å². The molecule has 0 unspecified atom stereocenters. The molecular formula is C12H14BrFN4O. The Labute approximate surface area is 118 Å². The fourth-order valence-electron chi connectivity index (χ4n) is 1.96. The number of anilines is 1. The number of nitrogens with zero attached hydrogens (tertiary/aromatic N) is 3. The van der Waals surface area contributed by atoms with Crippen LogP contribution in [0.5, 0.6) is 0 Å². The average molecular weight is 329 g/mol. The second kappa shape index (κ2) is 5.16. The standard InChI is InChI=1S/C12H14BrFN4O/c1-4-9-11(17(3)12(19)15-2)18-6-7(13)5-8(14)10(18)16-9/h5-6H,4H2,1-3H3,(H,15,19). The van der Waals surface area contributed by atoms with Gasteiger partial charge in [0.15, 0.2) is 11.5 Å². The molecule has 2 rings (SSSR count). The molecule has 0 aliphatic rings. The molecule has 0 atom stereocenters. The maximum atomic E-state index is 13.9. The molecule has 0 fully saturated rings. The van der Waals surface area contributed by atoms with Crippen LogP contribution in [0.2, 0.25) is 0 Å². The van der Waals surface area contributed by atoms with Crippen molar-refractivity contribution in [2.75, 3.05) is 19.0 Å². The van der Waals surface area contributed by atoms with Crippen LogP contribution in [-0.2, 0) is 6.42 Å². The summed E-state index contributed by atoms with van der Waals surface area (Å²) in [6.45, 7) is 1.91. The van der Waals surface area contributed by atoms with Gasteiger partial charge >= 0.3 is 6.03 Å². The van der Waals surface area contributed by atoms with Crippen molar-refractivity contribution in [2.24, 2.45) is 0 Å². The summed E-state index contributed by atoms with van der Waals surface area (Å²) in [7, 11) is 3.17. The molecule has 0 radical (unpaired) electrons. The van der Waals surface area contributed by atoms with Gasteiger partial charge in [-0.25, -0.2) is 14.2 Å². The van der Waals surface area contributed by atoms with E-state index >= 15 is 0 Å². The Hall–Kier alpha value is -1.63. The van der Waals surface area contributed by atoms with Crippen molar-refractivity contribution in [1.82, 2.24) is 14.7 Å². The van der Waals surface area contributed by atoms with Crippen LogP contribution >= 0.6 is 15.9 Å². The van der Waals surface area contributed by atoms with E-state index in [0.29, 0.717) is 22.4 Å². The minimum Gasteiger partial charge on any atom is -0.341 e. The van der Waals surface area contributed by atoms with E-state index in [2.05, 4.69) is 26.2 Å². The first kappa shape index (κ1) is 13.8. The number of fused-ring (bicyclic) bond motifs is 1. The molecular weight excluding hydrogens is 315 g/mol. The first-order chi connectivity index (χ1) is 8.99. The van der Waals surface area contributed by atoms with Crippen molar-refractivity contribution in [1.29, 1.82) is 0 Å². The number of pyridine rings is 1. The fraction of sp³-hybridized carbons (Fsp3) is 0.333. The number of halogens is 2. The molecule has 2 heterocycles. The second-order valence-corrected chi connectivity index (χ2v) is 4.97. The van der Waals surface area contributed by atoms with E-state index in [1.165, 1.54) is 11.0 Å². The lowest BCUT2D eigenvalue weighted by atomic mass is 10.3. The zero-order valence-corrected chi connectivity index (χ0v) is 12.5. The largest absolute Gasteiger partial charge is 0.341 e. The summed E-state index contributed by atoms with van der Waals surface area (Å²) in [6, 6.07) is 1.07. The van der Waals surface area contributed by atoms with E-state index in [9.17, 15) is 9.18 Å². The number of aromatic nitrogens is 2. The van der Waals surface area contributed by atoms with Crippen molar-refractivity contribution in [3.63, 3.8) is 0 Å². The van der Waals surface area contributed by atoms with Crippen LogP contribution in [0, 0.1) is 5.82 Å². The Morgan fingerprint density at radius 3 is 2.89 bits per heavy atom. The molecule has 0 aliphatic carbocycles. The number of nitrogens with one attached hydrogen (secondary N) is 1. The summed E-state index contributed by atoms with van der Waals surface area (Å²) in [5, 5.41) is 2.54. The molecule has 2 aromatic rings. The lowest BCUT2D eigenvalue weighted by Crippen LogP contribution is -2.36. The Balaban J connectivity index is 2.73. The van der Waals surface area contributed by atoms with Gasteiger partial charge in [-0.15, -0.1) is 0 Å². The van der Waals surface area contributed by atoms with Gasteiger partial charge in [-0.3, -0.25) is 9.30 Å². The van der Waals surface area contributed by atoms with Crippen molar-refractivity contribution < 1.29 is 9.18 Å². The van der Waals surface area contributed by atoms with E-state index in [1.54, 1.807) is 24.7 Å². The van der Waals surface area contributed by atoms with Crippen LogP contribution in [0.25, 0.3) is 5.65 Å². The summed E-state index contributed by atoms with van der Waals surface area (Å²) >= 11 is 3.24. The third-order valence-electron chi connectivity index (χ3n) is 2.86. The molecule has 19 heavy (non-hydrogen) atoms. The van der Waals surface area contributed by atoms with E-state index in [0.717, 1.165) is 0 Å².